The summed E-state index contributed by atoms with van der Waals surface area (Å²) in [4.78, 5) is 15.0. The van der Waals surface area contributed by atoms with E-state index in [1.165, 1.54) is 38.6 Å². The minimum Gasteiger partial charge on any atom is -0.457 e. The van der Waals surface area contributed by atoms with Crippen molar-refractivity contribution >= 4 is 43.7 Å². The van der Waals surface area contributed by atoms with Crippen molar-refractivity contribution in [3.05, 3.63) is 253 Å². The summed E-state index contributed by atoms with van der Waals surface area (Å²) < 4.78 is 16.0. The zero-order chi connectivity index (χ0) is 45.9. The van der Waals surface area contributed by atoms with Crippen LogP contribution in [0.4, 0.5) is 0 Å². The lowest BCUT2D eigenvalue weighted by molar-refractivity contribution is 0.434. The third kappa shape index (κ3) is 5.53. The normalized spacial score (nSPS) is 14.5. The van der Waals surface area contributed by atoms with Crippen LogP contribution in [0.5, 0.6) is 11.5 Å². The lowest BCUT2D eigenvalue weighted by Gasteiger charge is -2.45. The fourth-order valence-electron chi connectivity index (χ4n) is 11.5. The number of hydrogen-bond donors (Lipinski definition) is 0. The number of nitrogens with zero attached hydrogens (tertiary/aromatic N) is 4. The highest BCUT2D eigenvalue weighted by Crippen LogP contribution is 2.60. The predicted octanol–water partition coefficient (Wildman–Crippen LogP) is 16.0. The Morgan fingerprint density at radius 3 is 1.79 bits per heavy atom. The zero-order valence-corrected chi connectivity index (χ0v) is 37.5. The van der Waals surface area contributed by atoms with Gasteiger partial charge in [0.25, 0.3) is 0 Å². The molecule has 5 heterocycles. The quantitative estimate of drug-likeness (QED) is 0.172. The largest absolute Gasteiger partial charge is 0.457 e. The summed E-state index contributed by atoms with van der Waals surface area (Å²) in [5.74, 6) is 3.58. The Morgan fingerprint density at radius 1 is 0.357 bits per heavy atom. The maximum Gasteiger partial charge on any atom is 0.164 e. The first kappa shape index (κ1) is 38.7. The van der Waals surface area contributed by atoms with Gasteiger partial charge in [-0.15, -0.1) is 0 Å². The van der Waals surface area contributed by atoms with Gasteiger partial charge in [0.1, 0.15) is 22.7 Å². The second kappa shape index (κ2) is 14.8. The molecule has 0 radical (unpaired) electrons. The van der Waals surface area contributed by atoms with Crippen molar-refractivity contribution in [3.63, 3.8) is 0 Å². The summed E-state index contributed by atoms with van der Waals surface area (Å²) in [6.45, 7) is 0. The van der Waals surface area contributed by atoms with Gasteiger partial charge in [0.15, 0.2) is 17.5 Å². The summed E-state index contributed by atoms with van der Waals surface area (Å²) in [6, 6.07) is 81.4. The minimum atomic E-state index is -0.673. The Labute approximate surface area is 402 Å². The molecule has 1 spiro atoms. The van der Waals surface area contributed by atoms with E-state index in [2.05, 4.69) is 174 Å². The first-order valence-electron chi connectivity index (χ1n) is 23.7. The fraction of sp³-hybridized carbons (Fsp3) is 0.0156. The molecule has 0 amide bonds. The van der Waals surface area contributed by atoms with E-state index in [0.717, 1.165) is 83.5 Å². The van der Waals surface area contributed by atoms with Crippen LogP contribution in [-0.2, 0) is 5.41 Å². The summed E-state index contributed by atoms with van der Waals surface area (Å²) in [6.07, 6.45) is 0. The Morgan fingerprint density at radius 2 is 0.957 bits per heavy atom. The van der Waals surface area contributed by atoms with Gasteiger partial charge in [0, 0.05) is 49.4 Å². The average molecular weight is 895 g/mol. The average Bonchev–Trinajstić information content (AvgIpc) is 3.99. The molecule has 0 saturated heterocycles. The molecule has 0 saturated carbocycles. The summed E-state index contributed by atoms with van der Waals surface area (Å²) in [7, 11) is 0. The van der Waals surface area contributed by atoms with Crippen LogP contribution in [0.3, 0.4) is 0 Å². The Bertz CT molecular complexity index is 4230. The standard InChI is InChI=1S/C64H38N4O2/c1-3-16-39(17-4-1)61-65-62(40-18-5-2-6-19-40)67-63(66-61)44-21-13-20-43(36-44)45-23-15-31-58-59(45)48-37-41(32-34-55(48)69-58)42-33-35-57-52(38-42)64(50-26-9-12-30-56(50)70-57)49-25-8-11-29-54(49)68-53-28-10-7-22-46(53)47-24-14-27-51(64)60(47)68/h1-38H. The Balaban J connectivity index is 0.904. The van der Waals surface area contributed by atoms with Crippen LogP contribution in [0.25, 0.3) is 106 Å². The third-order valence-electron chi connectivity index (χ3n) is 14.5. The van der Waals surface area contributed by atoms with Crippen molar-refractivity contribution in [2.24, 2.45) is 0 Å². The fourth-order valence-corrected chi connectivity index (χ4v) is 11.5. The summed E-state index contributed by atoms with van der Waals surface area (Å²) in [5.41, 5.74) is 16.3. The topological polar surface area (TPSA) is 66.0 Å². The molecule has 3 aromatic heterocycles. The SMILES string of the molecule is c1ccc(-c2nc(-c3ccccc3)nc(-c3cccc(-c4cccc5oc6ccc(-c7ccc8c(c7)C7(c9ccccc9O8)c8ccccc8-n8c9ccccc9c9cccc7c98)cc6c45)c3)n2)cc1. The van der Waals surface area contributed by atoms with Crippen molar-refractivity contribution in [2.45, 2.75) is 5.41 Å². The number of furan rings is 1. The van der Waals surface area contributed by atoms with Crippen LogP contribution >= 0.6 is 0 Å². The van der Waals surface area contributed by atoms with E-state index in [9.17, 15) is 0 Å². The Kier molecular flexibility index (Phi) is 8.18. The van der Waals surface area contributed by atoms with Crippen molar-refractivity contribution in [1.29, 1.82) is 0 Å². The van der Waals surface area contributed by atoms with E-state index < -0.39 is 5.41 Å². The van der Waals surface area contributed by atoms with Crippen LogP contribution in [0.2, 0.25) is 0 Å². The number of ether oxygens (including phenoxy) is 1. The van der Waals surface area contributed by atoms with Crippen molar-refractivity contribution in [3.8, 4) is 73.6 Å². The van der Waals surface area contributed by atoms with Gasteiger partial charge in [-0.25, -0.2) is 15.0 Å². The Hall–Kier alpha value is -9.39. The number of hydrogen-bond acceptors (Lipinski definition) is 5. The van der Waals surface area contributed by atoms with E-state index in [4.69, 9.17) is 24.1 Å². The van der Waals surface area contributed by atoms with Gasteiger partial charge in [-0.05, 0) is 88.0 Å². The maximum atomic E-state index is 6.90. The molecule has 6 heteroatoms. The molecule has 6 nitrogen and oxygen atoms in total. The number of rotatable bonds is 5. The van der Waals surface area contributed by atoms with Crippen LogP contribution in [0, 0.1) is 0 Å². The van der Waals surface area contributed by atoms with E-state index in [0.29, 0.717) is 17.5 Å². The highest BCUT2D eigenvalue weighted by atomic mass is 16.5. The summed E-state index contributed by atoms with van der Waals surface area (Å²) in [5, 5.41) is 4.57. The number of benzene rings is 10. The van der Waals surface area contributed by atoms with E-state index in [-0.39, 0.29) is 0 Å². The predicted molar refractivity (Wildman–Crippen MR) is 281 cm³/mol. The number of para-hydroxylation sites is 4. The van der Waals surface area contributed by atoms with Gasteiger partial charge >= 0.3 is 0 Å². The van der Waals surface area contributed by atoms with Gasteiger partial charge in [-0.2, -0.15) is 0 Å². The molecule has 2 aliphatic heterocycles. The van der Waals surface area contributed by atoms with E-state index in [1.54, 1.807) is 0 Å². The molecule has 326 valence electrons. The van der Waals surface area contributed by atoms with Crippen LogP contribution < -0.4 is 4.74 Å². The highest BCUT2D eigenvalue weighted by molar-refractivity contribution is 6.14. The van der Waals surface area contributed by atoms with Crippen molar-refractivity contribution in [1.82, 2.24) is 19.5 Å². The monoisotopic (exact) mass is 894 g/mol. The number of aromatic nitrogens is 4. The molecule has 1 atom stereocenters. The molecule has 0 N–H and O–H groups in total. The molecule has 0 bridgehead atoms. The molecule has 0 fully saturated rings. The molecular formula is C64H38N4O2. The first-order valence-corrected chi connectivity index (χ1v) is 23.7. The van der Waals surface area contributed by atoms with Crippen molar-refractivity contribution < 1.29 is 9.15 Å². The van der Waals surface area contributed by atoms with Crippen LogP contribution in [-0.4, -0.2) is 19.5 Å². The molecule has 0 aliphatic carbocycles. The molecule has 70 heavy (non-hydrogen) atoms. The third-order valence-corrected chi connectivity index (χ3v) is 14.5. The van der Waals surface area contributed by atoms with Gasteiger partial charge in [-0.3, -0.25) is 0 Å². The molecular weight excluding hydrogens is 857 g/mol. The lowest BCUT2D eigenvalue weighted by Crippen LogP contribution is -2.37. The molecule has 10 aromatic carbocycles. The maximum absolute atomic E-state index is 6.90. The molecule has 2 aliphatic rings. The van der Waals surface area contributed by atoms with Crippen molar-refractivity contribution in [2.75, 3.05) is 0 Å². The second-order valence-electron chi connectivity index (χ2n) is 18.2. The van der Waals surface area contributed by atoms with Crippen LogP contribution in [0.1, 0.15) is 22.3 Å². The molecule has 1 unspecified atom stereocenters. The molecule has 15 rings (SSSR count). The van der Waals surface area contributed by atoms with Gasteiger partial charge in [-0.1, -0.05) is 176 Å². The first-order chi connectivity index (χ1) is 34.7. The molecule has 13 aromatic rings. The zero-order valence-electron chi connectivity index (χ0n) is 37.5. The lowest BCUT2D eigenvalue weighted by atomic mass is 9.61. The highest BCUT2D eigenvalue weighted by Gasteiger charge is 2.50. The van der Waals surface area contributed by atoms with Gasteiger partial charge in [0.2, 0.25) is 0 Å². The van der Waals surface area contributed by atoms with Crippen LogP contribution in [0.15, 0.2) is 235 Å². The smallest absolute Gasteiger partial charge is 0.164 e. The number of fused-ring (bicyclic) bond motifs is 14. The van der Waals surface area contributed by atoms with Gasteiger partial charge in [0.05, 0.1) is 22.1 Å². The summed E-state index contributed by atoms with van der Waals surface area (Å²) >= 11 is 0. The van der Waals surface area contributed by atoms with Gasteiger partial charge < -0.3 is 13.7 Å². The second-order valence-corrected chi connectivity index (χ2v) is 18.2. The minimum absolute atomic E-state index is 0.608. The van der Waals surface area contributed by atoms with E-state index >= 15 is 0 Å². The van der Waals surface area contributed by atoms with E-state index in [1.807, 2.05) is 60.7 Å².